The highest BCUT2D eigenvalue weighted by Crippen LogP contribution is 2.08. The Labute approximate surface area is 56.4 Å². The maximum absolute atomic E-state index is 12.2. The Morgan fingerprint density at radius 1 is 1.78 bits per heavy atom. The Morgan fingerprint density at radius 2 is 2.44 bits per heavy atom. The average Bonchev–Trinajstić information content (AvgIpc) is 2.15. The summed E-state index contributed by atoms with van der Waals surface area (Å²) in [5.41, 5.74) is 0. The molecule has 0 radical (unpaired) electrons. The van der Waals surface area contributed by atoms with Gasteiger partial charge >= 0.3 is 0 Å². The van der Waals surface area contributed by atoms with Gasteiger partial charge in [-0.2, -0.15) is 4.39 Å². The molecule has 9 heavy (non-hydrogen) atoms. The highest BCUT2D eigenvalue weighted by atomic mass is 35.5. The Balaban J connectivity index is 3.04. The molecule has 0 bridgehead atoms. The molecule has 0 aromatic carbocycles. The highest BCUT2D eigenvalue weighted by Gasteiger charge is 2.06. The normalized spacial score (nSPS) is 10.1. The summed E-state index contributed by atoms with van der Waals surface area (Å²) in [5, 5.41) is 6.46. The minimum Gasteiger partial charge on any atom is -0.231 e. The number of aromatic nitrogens is 3. The Kier molecular flexibility index (Phi) is 1.66. The summed E-state index contributed by atoms with van der Waals surface area (Å²) >= 11 is 5.37. The zero-order valence-corrected chi connectivity index (χ0v) is 5.56. The van der Waals surface area contributed by atoms with Crippen molar-refractivity contribution in [1.82, 2.24) is 15.0 Å². The van der Waals surface area contributed by atoms with E-state index in [4.69, 9.17) is 11.6 Å². The smallest absolute Gasteiger partial charge is 0.231 e. The standard InChI is InChI=1S/C4H5ClFN3/c1-2-9-3(5)4(6)7-8-9/h2H2,1H3. The fourth-order valence-corrected chi connectivity index (χ4v) is 0.673. The van der Waals surface area contributed by atoms with Crippen LogP contribution < -0.4 is 0 Å². The Bertz CT molecular complexity index is 210. The van der Waals surface area contributed by atoms with E-state index in [1.54, 1.807) is 6.92 Å². The molecule has 1 aromatic rings. The molecular formula is C4H5ClFN3. The van der Waals surface area contributed by atoms with Crippen molar-refractivity contribution < 1.29 is 4.39 Å². The highest BCUT2D eigenvalue weighted by molar-refractivity contribution is 6.29. The summed E-state index contributed by atoms with van der Waals surface area (Å²) in [4.78, 5) is 0. The van der Waals surface area contributed by atoms with E-state index in [9.17, 15) is 4.39 Å². The van der Waals surface area contributed by atoms with Gasteiger partial charge in [0.2, 0.25) is 0 Å². The van der Waals surface area contributed by atoms with Crippen molar-refractivity contribution in [2.24, 2.45) is 0 Å². The summed E-state index contributed by atoms with van der Waals surface area (Å²) in [6, 6.07) is 0. The van der Waals surface area contributed by atoms with Crippen LogP contribution in [0.3, 0.4) is 0 Å². The molecule has 3 nitrogen and oxygen atoms in total. The molecule has 0 spiro atoms. The van der Waals surface area contributed by atoms with Crippen molar-refractivity contribution in [2.45, 2.75) is 13.5 Å². The predicted molar refractivity (Wildman–Crippen MR) is 30.7 cm³/mol. The molecule has 0 saturated heterocycles. The number of halogens is 2. The lowest BCUT2D eigenvalue weighted by Crippen LogP contribution is -1.95. The summed E-state index contributed by atoms with van der Waals surface area (Å²) in [6.07, 6.45) is 0. The zero-order valence-electron chi connectivity index (χ0n) is 4.80. The number of hydrogen-bond acceptors (Lipinski definition) is 2. The van der Waals surface area contributed by atoms with Gasteiger partial charge in [0.05, 0.1) is 0 Å². The number of hydrogen-bond donors (Lipinski definition) is 0. The Morgan fingerprint density at radius 3 is 2.67 bits per heavy atom. The van der Waals surface area contributed by atoms with E-state index in [-0.39, 0.29) is 5.15 Å². The fourth-order valence-electron chi connectivity index (χ4n) is 0.482. The van der Waals surface area contributed by atoms with Crippen LogP contribution in [0.5, 0.6) is 0 Å². The van der Waals surface area contributed by atoms with Gasteiger partial charge in [-0.25, -0.2) is 4.68 Å². The molecule has 0 saturated carbocycles. The molecule has 1 aromatic heterocycles. The average molecular weight is 150 g/mol. The van der Waals surface area contributed by atoms with Crippen molar-refractivity contribution in [2.75, 3.05) is 0 Å². The number of aryl methyl sites for hydroxylation is 1. The molecule has 1 heterocycles. The van der Waals surface area contributed by atoms with Gasteiger partial charge in [-0.1, -0.05) is 21.9 Å². The van der Waals surface area contributed by atoms with Crippen LogP contribution in [0.25, 0.3) is 0 Å². The monoisotopic (exact) mass is 149 g/mol. The van der Waals surface area contributed by atoms with Crippen LogP contribution in [0.4, 0.5) is 4.39 Å². The van der Waals surface area contributed by atoms with Crippen molar-refractivity contribution in [1.29, 1.82) is 0 Å². The van der Waals surface area contributed by atoms with E-state index in [0.717, 1.165) is 0 Å². The minimum atomic E-state index is -0.710. The lowest BCUT2D eigenvalue weighted by molar-refractivity contribution is 0.577. The van der Waals surface area contributed by atoms with E-state index < -0.39 is 5.95 Å². The van der Waals surface area contributed by atoms with Crippen LogP contribution in [-0.4, -0.2) is 15.0 Å². The molecule has 5 heteroatoms. The maximum Gasteiger partial charge on any atom is 0.271 e. The summed E-state index contributed by atoms with van der Waals surface area (Å²) in [5.74, 6) is -0.710. The predicted octanol–water partition coefficient (Wildman–Crippen LogP) is 1.09. The van der Waals surface area contributed by atoms with Gasteiger partial charge in [-0.3, -0.25) is 0 Å². The molecule has 0 aliphatic rings. The SMILES string of the molecule is CCn1nnc(F)c1Cl. The quantitative estimate of drug-likeness (QED) is 0.599. The lowest BCUT2D eigenvalue weighted by atomic mass is 10.7. The van der Waals surface area contributed by atoms with Crippen LogP contribution in [0.15, 0.2) is 0 Å². The fraction of sp³-hybridized carbons (Fsp3) is 0.500. The second-order valence-corrected chi connectivity index (χ2v) is 1.84. The first-order valence-electron chi connectivity index (χ1n) is 2.50. The van der Waals surface area contributed by atoms with E-state index in [1.165, 1.54) is 4.68 Å². The molecule has 0 aliphatic carbocycles. The summed E-state index contributed by atoms with van der Waals surface area (Å²) in [6.45, 7) is 2.34. The van der Waals surface area contributed by atoms with E-state index in [1.807, 2.05) is 0 Å². The molecule has 1 rings (SSSR count). The molecular weight excluding hydrogens is 145 g/mol. The zero-order chi connectivity index (χ0) is 6.85. The molecule has 0 N–H and O–H groups in total. The number of rotatable bonds is 1. The van der Waals surface area contributed by atoms with Gasteiger partial charge in [0.1, 0.15) is 0 Å². The van der Waals surface area contributed by atoms with Gasteiger partial charge in [0, 0.05) is 6.54 Å². The topological polar surface area (TPSA) is 30.7 Å². The molecule has 0 atom stereocenters. The minimum absolute atomic E-state index is 0.0301. The van der Waals surface area contributed by atoms with Gasteiger partial charge in [0.15, 0.2) is 5.15 Å². The molecule has 0 amide bonds. The van der Waals surface area contributed by atoms with Gasteiger partial charge in [0.25, 0.3) is 5.95 Å². The first-order valence-corrected chi connectivity index (χ1v) is 2.88. The van der Waals surface area contributed by atoms with Crippen molar-refractivity contribution >= 4 is 11.6 Å². The first-order chi connectivity index (χ1) is 4.25. The van der Waals surface area contributed by atoms with Crippen LogP contribution in [0.2, 0.25) is 5.15 Å². The van der Waals surface area contributed by atoms with E-state index in [0.29, 0.717) is 6.54 Å². The third kappa shape index (κ3) is 1.03. The van der Waals surface area contributed by atoms with Crippen LogP contribution >= 0.6 is 11.6 Å². The van der Waals surface area contributed by atoms with Gasteiger partial charge < -0.3 is 0 Å². The van der Waals surface area contributed by atoms with Crippen molar-refractivity contribution in [3.05, 3.63) is 11.1 Å². The molecule has 0 fully saturated rings. The van der Waals surface area contributed by atoms with Crippen LogP contribution in [0.1, 0.15) is 6.92 Å². The van der Waals surface area contributed by atoms with Gasteiger partial charge in [-0.15, -0.1) is 0 Å². The van der Waals surface area contributed by atoms with Gasteiger partial charge in [-0.05, 0) is 6.92 Å². The summed E-state index contributed by atoms with van der Waals surface area (Å²) < 4.78 is 13.5. The second kappa shape index (κ2) is 2.31. The van der Waals surface area contributed by atoms with Crippen LogP contribution in [-0.2, 0) is 6.54 Å². The first kappa shape index (κ1) is 6.48. The summed E-state index contributed by atoms with van der Waals surface area (Å²) in [7, 11) is 0. The molecule has 50 valence electrons. The van der Waals surface area contributed by atoms with Crippen LogP contribution in [0, 0.1) is 5.95 Å². The lowest BCUT2D eigenvalue weighted by Gasteiger charge is -1.90. The third-order valence-electron chi connectivity index (χ3n) is 0.937. The third-order valence-corrected chi connectivity index (χ3v) is 1.29. The molecule has 0 aliphatic heterocycles. The van der Waals surface area contributed by atoms with E-state index >= 15 is 0 Å². The largest absolute Gasteiger partial charge is 0.271 e. The van der Waals surface area contributed by atoms with E-state index in [2.05, 4.69) is 10.3 Å². The Hall–Kier alpha value is -0.640. The molecule has 0 unspecified atom stereocenters. The second-order valence-electron chi connectivity index (χ2n) is 1.49. The maximum atomic E-state index is 12.2. The number of nitrogens with zero attached hydrogens (tertiary/aromatic N) is 3. The van der Waals surface area contributed by atoms with Crippen molar-refractivity contribution in [3.8, 4) is 0 Å². The van der Waals surface area contributed by atoms with Crippen molar-refractivity contribution in [3.63, 3.8) is 0 Å².